The number of amides is 1. The van der Waals surface area contributed by atoms with Crippen molar-refractivity contribution in [2.45, 2.75) is 6.92 Å². The number of hydrogen-bond donors (Lipinski definition) is 1. The van der Waals surface area contributed by atoms with E-state index < -0.39 is 5.97 Å². The summed E-state index contributed by atoms with van der Waals surface area (Å²) in [4.78, 5) is 29.8. The topological polar surface area (TPSA) is 86.1 Å². The molecule has 4 rings (SSSR count). The number of hydrogen-bond acceptors (Lipinski definition) is 6. The quantitative estimate of drug-likeness (QED) is 0.431. The molecule has 0 unspecified atom stereocenters. The Morgan fingerprint density at radius 1 is 1.16 bits per heavy atom. The van der Waals surface area contributed by atoms with Crippen molar-refractivity contribution in [2.75, 3.05) is 12.4 Å². The lowest BCUT2D eigenvalue weighted by molar-refractivity contribution is 0.0603. The molecule has 9 heteroatoms. The largest absolute Gasteiger partial charge is 0.465 e. The van der Waals surface area contributed by atoms with Gasteiger partial charge in [0.05, 0.1) is 24.6 Å². The van der Waals surface area contributed by atoms with Crippen molar-refractivity contribution in [2.24, 2.45) is 0 Å². The van der Waals surface area contributed by atoms with Gasteiger partial charge >= 0.3 is 5.97 Å². The summed E-state index contributed by atoms with van der Waals surface area (Å²) in [7, 11) is 1.30. The number of carbonyl (C=O) groups is 2. The highest BCUT2D eigenvalue weighted by atomic mass is 35.5. The minimum absolute atomic E-state index is 0.290. The lowest BCUT2D eigenvalue weighted by Crippen LogP contribution is -2.15. The number of carbonyl (C=O) groups excluding carboxylic acids is 2. The number of halogens is 1. The number of methoxy groups -OCH3 is 1. The van der Waals surface area contributed by atoms with Crippen LogP contribution in [0, 0.1) is 6.92 Å². The lowest BCUT2D eigenvalue weighted by Gasteiger charge is -2.08. The fourth-order valence-corrected chi connectivity index (χ4v) is 4.19. The van der Waals surface area contributed by atoms with E-state index >= 15 is 0 Å². The van der Waals surface area contributed by atoms with Crippen LogP contribution in [0.4, 0.5) is 5.00 Å². The number of aromatic nitrogens is 3. The molecule has 0 aliphatic heterocycles. The predicted molar refractivity (Wildman–Crippen MR) is 120 cm³/mol. The minimum atomic E-state index is -0.539. The smallest absolute Gasteiger partial charge is 0.341 e. The summed E-state index contributed by atoms with van der Waals surface area (Å²) >= 11 is 7.22. The molecule has 0 saturated carbocycles. The average molecular weight is 453 g/mol. The first kappa shape index (κ1) is 20.8. The third kappa shape index (κ3) is 4.08. The third-order valence-electron chi connectivity index (χ3n) is 4.68. The van der Waals surface area contributed by atoms with E-state index in [-0.39, 0.29) is 11.5 Å². The van der Waals surface area contributed by atoms with Crippen molar-refractivity contribution < 1.29 is 14.3 Å². The number of benzene rings is 1. The maximum atomic E-state index is 13.0. The van der Waals surface area contributed by atoms with Crippen molar-refractivity contribution in [3.8, 4) is 16.9 Å². The van der Waals surface area contributed by atoms with E-state index in [4.69, 9.17) is 16.3 Å². The molecular formula is C22H17ClN4O3S. The van der Waals surface area contributed by atoms with Gasteiger partial charge in [-0.3, -0.25) is 4.79 Å². The van der Waals surface area contributed by atoms with Crippen molar-refractivity contribution in [3.63, 3.8) is 0 Å². The highest BCUT2D eigenvalue weighted by Gasteiger charge is 2.24. The second-order valence-corrected chi connectivity index (χ2v) is 7.87. The molecular weight excluding hydrogens is 436 g/mol. The molecule has 0 fully saturated rings. The first-order valence-electron chi connectivity index (χ1n) is 9.22. The first-order chi connectivity index (χ1) is 15.0. The summed E-state index contributed by atoms with van der Waals surface area (Å²) in [5.74, 6) is -0.313. The van der Waals surface area contributed by atoms with E-state index in [1.165, 1.54) is 24.6 Å². The number of rotatable bonds is 5. The molecule has 0 aliphatic rings. The zero-order chi connectivity index (χ0) is 22.0. The van der Waals surface area contributed by atoms with E-state index in [1.807, 2.05) is 18.2 Å². The number of nitrogens with one attached hydrogen (secondary N) is 1. The van der Waals surface area contributed by atoms with Gasteiger partial charge in [0.2, 0.25) is 0 Å². The molecule has 0 bridgehead atoms. The van der Waals surface area contributed by atoms with E-state index in [9.17, 15) is 9.59 Å². The van der Waals surface area contributed by atoms with Gasteiger partial charge in [-0.1, -0.05) is 29.8 Å². The van der Waals surface area contributed by atoms with E-state index in [0.29, 0.717) is 32.7 Å². The Morgan fingerprint density at radius 3 is 2.61 bits per heavy atom. The number of thiophene rings is 1. The maximum absolute atomic E-state index is 13.0. The molecule has 4 aromatic rings. The molecule has 156 valence electrons. The number of pyridine rings is 1. The van der Waals surface area contributed by atoms with Gasteiger partial charge < -0.3 is 10.1 Å². The van der Waals surface area contributed by atoms with E-state index in [0.717, 1.165) is 5.56 Å². The van der Waals surface area contributed by atoms with Crippen LogP contribution in [-0.2, 0) is 4.74 Å². The summed E-state index contributed by atoms with van der Waals surface area (Å²) < 4.78 is 6.55. The summed E-state index contributed by atoms with van der Waals surface area (Å²) in [6, 6.07) is 12.5. The van der Waals surface area contributed by atoms with Crippen LogP contribution in [0.3, 0.4) is 0 Å². The Bertz CT molecular complexity index is 1250. The molecule has 7 nitrogen and oxygen atoms in total. The predicted octanol–water partition coefficient (Wildman–Crippen LogP) is 5.00. The second kappa shape index (κ2) is 8.71. The van der Waals surface area contributed by atoms with Crippen molar-refractivity contribution in [1.82, 2.24) is 14.8 Å². The molecule has 3 heterocycles. The van der Waals surface area contributed by atoms with Crippen LogP contribution in [-0.4, -0.2) is 33.8 Å². The van der Waals surface area contributed by atoms with E-state index in [2.05, 4.69) is 15.4 Å². The summed E-state index contributed by atoms with van der Waals surface area (Å²) in [6.45, 7) is 1.78. The SMILES string of the molecule is COC(=O)c1c(-c2ccc(Cl)cc2)csc1NC(=O)c1cnn(-c2ccccn2)c1C. The first-order valence-corrected chi connectivity index (χ1v) is 10.5. The number of ether oxygens (including phenoxy) is 1. The van der Waals surface area contributed by atoms with Gasteiger partial charge in [0.1, 0.15) is 10.6 Å². The Labute approximate surface area is 187 Å². The van der Waals surface area contributed by atoms with Crippen molar-refractivity contribution in [1.29, 1.82) is 0 Å². The normalized spacial score (nSPS) is 10.7. The monoisotopic (exact) mass is 452 g/mol. The standard InChI is InChI=1S/C22H17ClN4O3S/c1-13-16(11-25-27(13)18-5-3-4-10-24-18)20(28)26-21-19(22(29)30-2)17(12-31-21)14-6-8-15(23)9-7-14/h3-12H,1-2H3,(H,26,28). The fraction of sp³-hybridized carbons (Fsp3) is 0.0909. The van der Waals surface area contributed by atoms with Crippen LogP contribution in [0.5, 0.6) is 0 Å². The zero-order valence-corrected chi connectivity index (χ0v) is 18.2. The molecule has 0 atom stereocenters. The number of anilines is 1. The molecule has 31 heavy (non-hydrogen) atoms. The van der Waals surface area contributed by atoms with Crippen LogP contribution in [0.25, 0.3) is 16.9 Å². The van der Waals surface area contributed by atoms with Gasteiger partial charge in [-0.05, 0) is 36.8 Å². The van der Waals surface area contributed by atoms with Crippen molar-refractivity contribution >= 4 is 39.8 Å². The third-order valence-corrected chi connectivity index (χ3v) is 5.83. The van der Waals surface area contributed by atoms with Gasteiger partial charge in [-0.25, -0.2) is 14.5 Å². The molecule has 0 aliphatic carbocycles. The van der Waals surface area contributed by atoms with Gasteiger partial charge in [0, 0.05) is 22.2 Å². The van der Waals surface area contributed by atoms with Crippen LogP contribution in [0.2, 0.25) is 5.02 Å². The molecule has 3 aromatic heterocycles. The van der Waals surface area contributed by atoms with Crippen molar-refractivity contribution in [3.05, 3.63) is 82.1 Å². The highest BCUT2D eigenvalue weighted by molar-refractivity contribution is 7.15. The van der Waals surface area contributed by atoms with Crippen LogP contribution >= 0.6 is 22.9 Å². The highest BCUT2D eigenvalue weighted by Crippen LogP contribution is 2.37. The summed E-state index contributed by atoms with van der Waals surface area (Å²) in [5, 5.41) is 9.89. The number of esters is 1. The van der Waals surface area contributed by atoms with Crippen LogP contribution in [0.1, 0.15) is 26.4 Å². The number of nitrogens with zero attached hydrogens (tertiary/aromatic N) is 3. The molecule has 0 saturated heterocycles. The minimum Gasteiger partial charge on any atom is -0.465 e. The van der Waals surface area contributed by atoms with Gasteiger partial charge in [-0.15, -0.1) is 11.3 Å². The molecule has 0 radical (unpaired) electrons. The summed E-state index contributed by atoms with van der Waals surface area (Å²) in [5.41, 5.74) is 2.75. The lowest BCUT2D eigenvalue weighted by atomic mass is 10.0. The van der Waals surface area contributed by atoms with Crippen LogP contribution in [0.15, 0.2) is 60.2 Å². The Morgan fingerprint density at radius 2 is 1.94 bits per heavy atom. The second-order valence-electron chi connectivity index (χ2n) is 6.55. The Hall–Kier alpha value is -3.49. The Kier molecular flexibility index (Phi) is 5.83. The maximum Gasteiger partial charge on any atom is 0.341 e. The molecule has 1 N–H and O–H groups in total. The molecule has 1 aromatic carbocycles. The zero-order valence-electron chi connectivity index (χ0n) is 16.6. The van der Waals surface area contributed by atoms with Gasteiger partial charge in [0.15, 0.2) is 5.82 Å². The van der Waals surface area contributed by atoms with Crippen LogP contribution < -0.4 is 5.32 Å². The summed E-state index contributed by atoms with van der Waals surface area (Å²) in [6.07, 6.45) is 3.13. The van der Waals surface area contributed by atoms with Gasteiger partial charge in [0.25, 0.3) is 5.91 Å². The Balaban J connectivity index is 1.67. The van der Waals surface area contributed by atoms with E-state index in [1.54, 1.807) is 47.4 Å². The average Bonchev–Trinajstić information content (AvgIpc) is 3.38. The molecule has 1 amide bonds. The van der Waals surface area contributed by atoms with Gasteiger partial charge in [-0.2, -0.15) is 5.10 Å². The fourth-order valence-electron chi connectivity index (χ4n) is 3.11. The molecule has 0 spiro atoms.